The van der Waals surface area contributed by atoms with E-state index in [1.807, 2.05) is 12.1 Å². The van der Waals surface area contributed by atoms with E-state index in [4.69, 9.17) is 0 Å². The highest BCUT2D eigenvalue weighted by Gasteiger charge is 2.22. The number of hydrogen-bond acceptors (Lipinski definition) is 0. The van der Waals surface area contributed by atoms with Crippen LogP contribution in [0.5, 0.6) is 0 Å². The topological polar surface area (TPSA) is 0 Å². The average molecular weight is 328 g/mol. The van der Waals surface area contributed by atoms with E-state index < -0.39 is 0 Å². The Morgan fingerprint density at radius 3 is 2.62 bits per heavy atom. The number of benzene rings is 2. The van der Waals surface area contributed by atoms with Crippen LogP contribution in [0.2, 0.25) is 0 Å². The Morgan fingerprint density at radius 1 is 0.958 bits per heavy atom. The fourth-order valence-electron chi connectivity index (χ4n) is 3.80. The lowest BCUT2D eigenvalue weighted by atomic mass is 9.80. The highest BCUT2D eigenvalue weighted by Crippen LogP contribution is 2.34. The van der Waals surface area contributed by atoms with Crippen molar-refractivity contribution in [3.8, 4) is 0 Å². The molecule has 0 saturated carbocycles. The second-order valence-electron chi connectivity index (χ2n) is 7.02. The van der Waals surface area contributed by atoms with E-state index in [0.717, 1.165) is 54.4 Å². The molecule has 2 aromatic carbocycles. The molecule has 1 atom stereocenters. The van der Waals surface area contributed by atoms with Crippen LogP contribution in [0.1, 0.15) is 67.2 Å². The third-order valence-electron chi connectivity index (χ3n) is 5.22. The molecule has 128 valence electrons. The molecule has 2 heteroatoms. The van der Waals surface area contributed by atoms with E-state index in [-0.39, 0.29) is 17.6 Å². The zero-order valence-corrected chi connectivity index (χ0v) is 14.5. The number of aryl methyl sites for hydroxylation is 2. The molecule has 0 N–H and O–H groups in total. The summed E-state index contributed by atoms with van der Waals surface area (Å²) in [5.41, 5.74) is 4.17. The molecule has 1 aliphatic rings. The Hall–Kier alpha value is -1.70. The summed E-state index contributed by atoms with van der Waals surface area (Å²) in [6.45, 7) is 2.20. The van der Waals surface area contributed by atoms with Crippen molar-refractivity contribution in [3.63, 3.8) is 0 Å². The minimum absolute atomic E-state index is 0.0708. The number of fused-ring (bicyclic) bond motifs is 1. The van der Waals surface area contributed by atoms with E-state index in [0.29, 0.717) is 0 Å². The quantitative estimate of drug-likeness (QED) is 0.541. The smallest absolute Gasteiger partial charge is 0.126 e. The normalized spacial score (nSPS) is 16.9. The lowest BCUT2D eigenvalue weighted by Crippen LogP contribution is -2.14. The Morgan fingerprint density at radius 2 is 1.83 bits per heavy atom. The molecule has 0 radical (unpaired) electrons. The maximum Gasteiger partial charge on any atom is 0.126 e. The fraction of sp³-hybridized carbons (Fsp3) is 0.455. The molecular weight excluding hydrogens is 302 g/mol. The van der Waals surface area contributed by atoms with Gasteiger partial charge in [0.15, 0.2) is 0 Å². The maximum atomic E-state index is 14.6. The molecule has 24 heavy (non-hydrogen) atoms. The standard InChI is InChI=1S/C22H26F2/c1-2-3-4-5-6-16-7-12-21(22(24)13-16)19-9-8-18-15-20(23)11-10-17(18)14-19/h7,10-13,15,19H,2-6,8-9,14H2,1H3. The predicted molar refractivity (Wildman–Crippen MR) is 95.4 cm³/mol. The first-order chi connectivity index (χ1) is 11.7. The van der Waals surface area contributed by atoms with Gasteiger partial charge < -0.3 is 0 Å². The Kier molecular flexibility index (Phi) is 5.65. The molecule has 0 bridgehead atoms. The maximum absolute atomic E-state index is 14.6. The monoisotopic (exact) mass is 328 g/mol. The molecule has 0 amide bonds. The van der Waals surface area contributed by atoms with Gasteiger partial charge in [-0.05, 0) is 78.5 Å². The van der Waals surface area contributed by atoms with Gasteiger partial charge in [-0.3, -0.25) is 0 Å². The molecule has 0 saturated heterocycles. The van der Waals surface area contributed by atoms with Crippen LogP contribution >= 0.6 is 0 Å². The Bertz CT molecular complexity index is 690. The van der Waals surface area contributed by atoms with Crippen molar-refractivity contribution in [1.29, 1.82) is 0 Å². The van der Waals surface area contributed by atoms with Crippen molar-refractivity contribution in [1.82, 2.24) is 0 Å². The summed E-state index contributed by atoms with van der Waals surface area (Å²) in [6.07, 6.45) is 8.32. The van der Waals surface area contributed by atoms with E-state index in [1.165, 1.54) is 25.3 Å². The van der Waals surface area contributed by atoms with Crippen LogP contribution in [0.25, 0.3) is 0 Å². The van der Waals surface area contributed by atoms with Gasteiger partial charge in [0.05, 0.1) is 0 Å². The van der Waals surface area contributed by atoms with Crippen LogP contribution in [0.3, 0.4) is 0 Å². The summed E-state index contributed by atoms with van der Waals surface area (Å²) in [5.74, 6) is -0.0403. The van der Waals surface area contributed by atoms with Crippen LogP contribution in [0.4, 0.5) is 8.78 Å². The van der Waals surface area contributed by atoms with E-state index in [2.05, 4.69) is 13.0 Å². The number of unbranched alkanes of at least 4 members (excludes halogenated alkanes) is 3. The summed E-state index contributed by atoms with van der Waals surface area (Å²) in [5, 5.41) is 0. The molecule has 0 spiro atoms. The lowest BCUT2D eigenvalue weighted by Gasteiger charge is -2.25. The first-order valence-electron chi connectivity index (χ1n) is 9.23. The van der Waals surface area contributed by atoms with Gasteiger partial charge >= 0.3 is 0 Å². The first-order valence-corrected chi connectivity index (χ1v) is 9.23. The molecule has 0 aromatic heterocycles. The van der Waals surface area contributed by atoms with Crippen molar-refractivity contribution < 1.29 is 8.78 Å². The minimum atomic E-state index is -0.175. The average Bonchev–Trinajstić information content (AvgIpc) is 2.58. The molecule has 0 fully saturated rings. The lowest BCUT2D eigenvalue weighted by molar-refractivity contribution is 0.529. The molecule has 0 heterocycles. The summed E-state index contributed by atoms with van der Waals surface area (Å²) in [6, 6.07) is 10.8. The SMILES string of the molecule is CCCCCCc1ccc(C2CCc3cc(F)ccc3C2)c(F)c1. The van der Waals surface area contributed by atoms with Crippen molar-refractivity contribution in [3.05, 3.63) is 70.3 Å². The first kappa shape index (κ1) is 17.1. The van der Waals surface area contributed by atoms with Crippen LogP contribution < -0.4 is 0 Å². The zero-order chi connectivity index (χ0) is 16.9. The third-order valence-corrected chi connectivity index (χ3v) is 5.22. The van der Waals surface area contributed by atoms with Gasteiger partial charge in [-0.15, -0.1) is 0 Å². The zero-order valence-electron chi connectivity index (χ0n) is 14.5. The predicted octanol–water partition coefficient (Wildman–Crippen LogP) is 6.36. The molecule has 0 aliphatic heterocycles. The van der Waals surface area contributed by atoms with Gasteiger partial charge in [0.2, 0.25) is 0 Å². The van der Waals surface area contributed by atoms with Crippen molar-refractivity contribution in [2.75, 3.05) is 0 Å². The Labute approximate surface area is 143 Å². The van der Waals surface area contributed by atoms with Gasteiger partial charge in [0.25, 0.3) is 0 Å². The number of halogens is 2. The van der Waals surface area contributed by atoms with Crippen molar-refractivity contribution in [2.24, 2.45) is 0 Å². The van der Waals surface area contributed by atoms with Gasteiger partial charge in [0.1, 0.15) is 11.6 Å². The van der Waals surface area contributed by atoms with Gasteiger partial charge in [-0.1, -0.05) is 44.4 Å². The van der Waals surface area contributed by atoms with Gasteiger partial charge in [-0.25, -0.2) is 8.78 Å². The molecule has 3 rings (SSSR count). The molecule has 1 unspecified atom stereocenters. The highest BCUT2D eigenvalue weighted by atomic mass is 19.1. The molecule has 0 nitrogen and oxygen atoms in total. The van der Waals surface area contributed by atoms with E-state index in [9.17, 15) is 8.78 Å². The van der Waals surface area contributed by atoms with Crippen LogP contribution in [-0.2, 0) is 19.3 Å². The second kappa shape index (κ2) is 7.92. The Balaban J connectivity index is 1.68. The third kappa shape index (κ3) is 4.03. The fourth-order valence-corrected chi connectivity index (χ4v) is 3.80. The van der Waals surface area contributed by atoms with Crippen molar-refractivity contribution >= 4 is 0 Å². The van der Waals surface area contributed by atoms with Crippen LogP contribution in [0.15, 0.2) is 36.4 Å². The van der Waals surface area contributed by atoms with Crippen molar-refractivity contribution in [2.45, 2.75) is 64.2 Å². The van der Waals surface area contributed by atoms with E-state index >= 15 is 0 Å². The summed E-state index contributed by atoms with van der Waals surface area (Å²) >= 11 is 0. The molecule has 1 aliphatic carbocycles. The van der Waals surface area contributed by atoms with Gasteiger partial charge in [0, 0.05) is 0 Å². The second-order valence-corrected chi connectivity index (χ2v) is 7.02. The summed E-state index contributed by atoms with van der Waals surface area (Å²) in [4.78, 5) is 0. The largest absolute Gasteiger partial charge is 0.207 e. The van der Waals surface area contributed by atoms with E-state index in [1.54, 1.807) is 12.1 Å². The van der Waals surface area contributed by atoms with Crippen LogP contribution in [0, 0.1) is 11.6 Å². The number of rotatable bonds is 6. The molecule has 2 aromatic rings. The van der Waals surface area contributed by atoms with Crippen LogP contribution in [-0.4, -0.2) is 0 Å². The minimum Gasteiger partial charge on any atom is -0.207 e. The summed E-state index contributed by atoms with van der Waals surface area (Å²) in [7, 11) is 0. The molecular formula is C22H26F2. The van der Waals surface area contributed by atoms with Gasteiger partial charge in [-0.2, -0.15) is 0 Å². The number of hydrogen-bond donors (Lipinski definition) is 0. The highest BCUT2D eigenvalue weighted by molar-refractivity contribution is 5.36. The summed E-state index contributed by atoms with van der Waals surface area (Å²) < 4.78 is 27.9.